The lowest BCUT2D eigenvalue weighted by atomic mass is 10.0. The number of amides is 1. The number of aromatic amines is 1. The zero-order valence-electron chi connectivity index (χ0n) is 13.8. The average molecular weight is 334 g/mol. The van der Waals surface area contributed by atoms with E-state index in [0.29, 0.717) is 17.0 Å². The number of fused-ring (bicyclic) bond motifs is 1. The van der Waals surface area contributed by atoms with E-state index in [0.717, 1.165) is 16.5 Å². The summed E-state index contributed by atoms with van der Waals surface area (Å²) in [6.07, 6.45) is 3.26. The summed E-state index contributed by atoms with van der Waals surface area (Å²) in [6, 6.07) is 12.8. The molecular formula is C20H18N2O3. The predicted octanol–water partition coefficient (Wildman–Crippen LogP) is 3.73. The smallest absolute Gasteiger partial charge is 0.247 e. The second-order valence-corrected chi connectivity index (χ2v) is 5.57. The molecule has 1 heterocycles. The second kappa shape index (κ2) is 7.05. The number of nitrogens with one attached hydrogen (secondary N) is 2. The van der Waals surface area contributed by atoms with Crippen molar-refractivity contribution in [3.8, 4) is 5.75 Å². The first-order valence-electron chi connectivity index (χ1n) is 7.82. The summed E-state index contributed by atoms with van der Waals surface area (Å²) in [7, 11) is 1.51. The number of anilines is 1. The largest absolute Gasteiger partial charge is 0.496 e. The minimum Gasteiger partial charge on any atom is -0.496 e. The molecule has 0 bridgehead atoms. The number of benzene rings is 2. The van der Waals surface area contributed by atoms with Gasteiger partial charge in [0.05, 0.1) is 12.7 Å². The fourth-order valence-corrected chi connectivity index (χ4v) is 2.74. The van der Waals surface area contributed by atoms with Gasteiger partial charge < -0.3 is 15.0 Å². The number of aromatic nitrogens is 1. The molecule has 0 aliphatic heterocycles. The Balaban J connectivity index is 1.91. The summed E-state index contributed by atoms with van der Waals surface area (Å²) >= 11 is 0. The monoisotopic (exact) mass is 334 g/mol. The van der Waals surface area contributed by atoms with E-state index >= 15 is 0 Å². The molecule has 0 saturated carbocycles. The molecule has 1 aromatic heterocycles. The Hall–Kier alpha value is -3.34. The molecule has 0 saturated heterocycles. The summed E-state index contributed by atoms with van der Waals surface area (Å²) in [5, 5.41) is 3.68. The maximum Gasteiger partial charge on any atom is 0.247 e. The van der Waals surface area contributed by atoms with Gasteiger partial charge in [-0.15, -0.1) is 0 Å². The van der Waals surface area contributed by atoms with Crippen LogP contribution in [0.25, 0.3) is 10.9 Å². The minimum absolute atomic E-state index is 0.0868. The van der Waals surface area contributed by atoms with Crippen molar-refractivity contribution in [3.05, 3.63) is 72.4 Å². The van der Waals surface area contributed by atoms with Crippen molar-refractivity contribution in [1.29, 1.82) is 0 Å². The highest BCUT2D eigenvalue weighted by molar-refractivity contribution is 6.04. The molecular weight excluding hydrogens is 316 g/mol. The van der Waals surface area contributed by atoms with E-state index in [1.54, 1.807) is 18.2 Å². The quantitative estimate of drug-likeness (QED) is 0.533. The molecule has 5 heteroatoms. The van der Waals surface area contributed by atoms with Crippen LogP contribution in [0.15, 0.2) is 61.3 Å². The number of methoxy groups -OCH3 is 1. The van der Waals surface area contributed by atoms with E-state index in [9.17, 15) is 9.59 Å². The van der Waals surface area contributed by atoms with Crippen LogP contribution >= 0.6 is 0 Å². The highest BCUT2D eigenvalue weighted by Crippen LogP contribution is 2.26. The van der Waals surface area contributed by atoms with Crippen LogP contribution in [0.3, 0.4) is 0 Å². The molecule has 2 N–H and O–H groups in total. The fourth-order valence-electron chi connectivity index (χ4n) is 2.74. The average Bonchev–Trinajstić information content (AvgIpc) is 3.04. The van der Waals surface area contributed by atoms with Gasteiger partial charge in [-0.25, -0.2) is 0 Å². The van der Waals surface area contributed by atoms with Crippen LogP contribution in [0.5, 0.6) is 5.75 Å². The highest BCUT2D eigenvalue weighted by atomic mass is 16.5. The molecule has 126 valence electrons. The highest BCUT2D eigenvalue weighted by Gasteiger charge is 2.16. The molecule has 0 aliphatic rings. The molecule has 0 fully saturated rings. The van der Waals surface area contributed by atoms with Crippen LogP contribution in [0, 0.1) is 0 Å². The Morgan fingerprint density at radius 3 is 2.80 bits per heavy atom. The third-order valence-electron chi connectivity index (χ3n) is 3.98. The van der Waals surface area contributed by atoms with E-state index in [1.165, 1.54) is 13.2 Å². The number of H-pyrrole nitrogens is 1. The van der Waals surface area contributed by atoms with Gasteiger partial charge in [-0.05, 0) is 35.9 Å². The van der Waals surface area contributed by atoms with Crippen LogP contribution in [0.1, 0.15) is 15.9 Å². The SMILES string of the molecule is C=CC(=O)Nc1ccc(OC)c(C(=O)Cc2c[nH]c3ccccc23)c1. The number of hydrogen-bond donors (Lipinski definition) is 2. The Morgan fingerprint density at radius 1 is 1.24 bits per heavy atom. The van der Waals surface area contributed by atoms with Gasteiger partial charge in [-0.1, -0.05) is 24.8 Å². The van der Waals surface area contributed by atoms with Crippen molar-refractivity contribution in [2.24, 2.45) is 0 Å². The summed E-state index contributed by atoms with van der Waals surface area (Å²) in [6.45, 7) is 3.42. The number of hydrogen-bond acceptors (Lipinski definition) is 3. The molecule has 0 unspecified atom stereocenters. The zero-order chi connectivity index (χ0) is 17.8. The summed E-state index contributed by atoms with van der Waals surface area (Å²) in [5.74, 6) is 0.0537. The normalized spacial score (nSPS) is 10.4. The predicted molar refractivity (Wildman–Crippen MR) is 98.2 cm³/mol. The lowest BCUT2D eigenvalue weighted by Crippen LogP contribution is -2.10. The molecule has 2 aromatic carbocycles. The van der Waals surface area contributed by atoms with Crippen molar-refractivity contribution in [2.45, 2.75) is 6.42 Å². The van der Waals surface area contributed by atoms with Crippen LogP contribution in [0.2, 0.25) is 0 Å². The van der Waals surface area contributed by atoms with E-state index in [-0.39, 0.29) is 18.1 Å². The minimum atomic E-state index is -0.333. The number of ketones is 1. The van der Waals surface area contributed by atoms with Crippen molar-refractivity contribution in [1.82, 2.24) is 4.98 Å². The molecule has 1 amide bonds. The lowest BCUT2D eigenvalue weighted by Gasteiger charge is -2.10. The maximum atomic E-state index is 12.8. The second-order valence-electron chi connectivity index (χ2n) is 5.57. The summed E-state index contributed by atoms with van der Waals surface area (Å²) in [4.78, 5) is 27.5. The summed E-state index contributed by atoms with van der Waals surface area (Å²) < 4.78 is 5.30. The molecule has 0 radical (unpaired) electrons. The topological polar surface area (TPSA) is 71.2 Å². The van der Waals surface area contributed by atoms with Gasteiger partial charge in [-0.2, -0.15) is 0 Å². The van der Waals surface area contributed by atoms with Gasteiger partial charge in [0.15, 0.2) is 5.78 Å². The number of para-hydroxylation sites is 1. The van der Waals surface area contributed by atoms with Gasteiger partial charge in [0.25, 0.3) is 0 Å². The van der Waals surface area contributed by atoms with Crippen LogP contribution in [0.4, 0.5) is 5.69 Å². The van der Waals surface area contributed by atoms with E-state index in [4.69, 9.17) is 4.74 Å². The zero-order valence-corrected chi connectivity index (χ0v) is 13.8. The van der Waals surface area contributed by atoms with Crippen LogP contribution in [-0.4, -0.2) is 23.8 Å². The van der Waals surface area contributed by atoms with Crippen LogP contribution in [-0.2, 0) is 11.2 Å². The molecule has 5 nitrogen and oxygen atoms in total. The van der Waals surface area contributed by atoms with Crippen molar-refractivity contribution >= 4 is 28.3 Å². The maximum absolute atomic E-state index is 12.8. The standard InChI is InChI=1S/C20H18N2O3/c1-3-20(24)22-14-8-9-19(25-2)16(11-14)18(23)10-13-12-21-17-7-5-4-6-15(13)17/h3-9,11-12,21H,1,10H2,2H3,(H,22,24). The van der Waals surface area contributed by atoms with Crippen LogP contribution < -0.4 is 10.1 Å². The van der Waals surface area contributed by atoms with Crippen molar-refractivity contribution in [3.63, 3.8) is 0 Å². The van der Waals surface area contributed by atoms with Gasteiger partial charge >= 0.3 is 0 Å². The number of carbonyl (C=O) groups excluding carboxylic acids is 2. The molecule has 0 spiro atoms. The Labute approximate surface area is 145 Å². The van der Waals surface area contributed by atoms with E-state index in [1.807, 2.05) is 30.5 Å². The van der Waals surface area contributed by atoms with E-state index in [2.05, 4.69) is 16.9 Å². The molecule has 3 aromatic rings. The summed E-state index contributed by atoms with van der Waals surface area (Å²) in [5.41, 5.74) is 2.86. The first-order valence-corrected chi connectivity index (χ1v) is 7.82. The fraction of sp³-hybridized carbons (Fsp3) is 0.100. The number of rotatable bonds is 6. The molecule has 0 aliphatic carbocycles. The first-order chi connectivity index (χ1) is 12.1. The van der Waals surface area contributed by atoms with Crippen molar-refractivity contribution < 1.29 is 14.3 Å². The molecule has 0 atom stereocenters. The first kappa shape index (κ1) is 16.5. The van der Waals surface area contributed by atoms with Gasteiger partial charge in [0.2, 0.25) is 5.91 Å². The Kier molecular flexibility index (Phi) is 4.66. The Bertz CT molecular complexity index is 956. The Morgan fingerprint density at radius 2 is 2.04 bits per heavy atom. The molecule has 3 rings (SSSR count). The van der Waals surface area contributed by atoms with Gasteiger partial charge in [0, 0.05) is 29.2 Å². The number of ether oxygens (including phenoxy) is 1. The third-order valence-corrected chi connectivity index (χ3v) is 3.98. The number of Topliss-reactive ketones (excluding diaryl/α,β-unsaturated/α-hetero) is 1. The molecule has 25 heavy (non-hydrogen) atoms. The number of carbonyl (C=O) groups is 2. The third kappa shape index (κ3) is 3.45. The lowest BCUT2D eigenvalue weighted by molar-refractivity contribution is -0.111. The van der Waals surface area contributed by atoms with Gasteiger partial charge in [-0.3, -0.25) is 9.59 Å². The van der Waals surface area contributed by atoms with Crippen molar-refractivity contribution in [2.75, 3.05) is 12.4 Å². The van der Waals surface area contributed by atoms with E-state index < -0.39 is 0 Å². The van der Waals surface area contributed by atoms with Gasteiger partial charge in [0.1, 0.15) is 5.75 Å².